The van der Waals surface area contributed by atoms with Crippen molar-refractivity contribution in [1.82, 2.24) is 5.32 Å². The summed E-state index contributed by atoms with van der Waals surface area (Å²) in [6.07, 6.45) is 1.75. The van der Waals surface area contributed by atoms with Crippen LogP contribution in [-0.2, 0) is 4.79 Å². The standard InChI is InChI=1S/C11H23NOS/c1-6-7-12-9(13)10(2,3)8-11(4,5)14/h14H,6-8H2,1-5H3,(H,12,13). The Morgan fingerprint density at radius 3 is 2.14 bits per heavy atom. The van der Waals surface area contributed by atoms with Crippen molar-refractivity contribution < 1.29 is 4.79 Å². The van der Waals surface area contributed by atoms with E-state index in [0.29, 0.717) is 0 Å². The van der Waals surface area contributed by atoms with E-state index in [1.807, 2.05) is 27.7 Å². The van der Waals surface area contributed by atoms with Crippen LogP contribution in [0.15, 0.2) is 0 Å². The molecule has 3 heteroatoms. The molecule has 0 unspecified atom stereocenters. The van der Waals surface area contributed by atoms with Gasteiger partial charge in [0.05, 0.1) is 0 Å². The van der Waals surface area contributed by atoms with E-state index < -0.39 is 0 Å². The zero-order valence-electron chi connectivity index (χ0n) is 9.98. The minimum atomic E-state index is -0.333. The number of amides is 1. The fourth-order valence-electron chi connectivity index (χ4n) is 1.64. The molecule has 0 spiro atoms. The lowest BCUT2D eigenvalue weighted by atomic mass is 9.82. The predicted molar refractivity (Wildman–Crippen MR) is 64.8 cm³/mol. The molecule has 84 valence electrons. The molecule has 0 rings (SSSR count). The largest absolute Gasteiger partial charge is 0.356 e. The summed E-state index contributed by atoms with van der Waals surface area (Å²) in [7, 11) is 0. The highest BCUT2D eigenvalue weighted by Crippen LogP contribution is 2.31. The number of hydrogen-bond donors (Lipinski definition) is 2. The Morgan fingerprint density at radius 2 is 1.79 bits per heavy atom. The Bertz CT molecular complexity index is 194. The van der Waals surface area contributed by atoms with Gasteiger partial charge in [-0.15, -0.1) is 0 Å². The van der Waals surface area contributed by atoms with Crippen LogP contribution in [0.1, 0.15) is 47.5 Å². The van der Waals surface area contributed by atoms with Gasteiger partial charge in [-0.1, -0.05) is 34.6 Å². The van der Waals surface area contributed by atoms with E-state index in [-0.39, 0.29) is 16.1 Å². The van der Waals surface area contributed by atoms with E-state index in [0.717, 1.165) is 19.4 Å². The molecule has 2 nitrogen and oxygen atoms in total. The lowest BCUT2D eigenvalue weighted by molar-refractivity contribution is -0.129. The Morgan fingerprint density at radius 1 is 1.29 bits per heavy atom. The normalized spacial score (nSPS) is 12.7. The van der Waals surface area contributed by atoms with E-state index in [4.69, 9.17) is 0 Å². The quantitative estimate of drug-likeness (QED) is 0.681. The molecule has 1 amide bonds. The van der Waals surface area contributed by atoms with E-state index in [1.54, 1.807) is 0 Å². The minimum absolute atomic E-state index is 0.104. The van der Waals surface area contributed by atoms with Crippen LogP contribution in [0.3, 0.4) is 0 Å². The van der Waals surface area contributed by atoms with Gasteiger partial charge < -0.3 is 5.32 Å². The average molecular weight is 217 g/mol. The summed E-state index contributed by atoms with van der Waals surface area (Å²) in [5, 5.41) is 2.92. The van der Waals surface area contributed by atoms with Crippen molar-refractivity contribution in [3.05, 3.63) is 0 Å². The zero-order valence-corrected chi connectivity index (χ0v) is 10.9. The van der Waals surface area contributed by atoms with Gasteiger partial charge in [-0.3, -0.25) is 4.79 Å². The van der Waals surface area contributed by atoms with Crippen molar-refractivity contribution in [2.75, 3.05) is 6.54 Å². The molecular formula is C11H23NOS. The second-order valence-corrected chi connectivity index (χ2v) is 6.34. The first kappa shape index (κ1) is 13.8. The van der Waals surface area contributed by atoms with Crippen molar-refractivity contribution in [1.29, 1.82) is 0 Å². The van der Waals surface area contributed by atoms with Gasteiger partial charge in [-0.25, -0.2) is 0 Å². The highest BCUT2D eigenvalue weighted by atomic mass is 32.1. The molecule has 0 bridgehead atoms. The summed E-state index contributed by atoms with van der Waals surface area (Å²) in [5.74, 6) is 0.126. The van der Waals surface area contributed by atoms with E-state index in [2.05, 4.69) is 24.9 Å². The van der Waals surface area contributed by atoms with Crippen LogP contribution in [0, 0.1) is 5.41 Å². The Kier molecular flexibility index (Phi) is 4.99. The fraction of sp³-hybridized carbons (Fsp3) is 0.909. The summed E-state index contributed by atoms with van der Waals surface area (Å²) < 4.78 is -0.104. The first-order chi connectivity index (χ1) is 6.19. The molecule has 14 heavy (non-hydrogen) atoms. The van der Waals surface area contributed by atoms with Gasteiger partial charge >= 0.3 is 0 Å². The van der Waals surface area contributed by atoms with E-state index >= 15 is 0 Å². The van der Waals surface area contributed by atoms with Crippen LogP contribution in [-0.4, -0.2) is 17.2 Å². The summed E-state index contributed by atoms with van der Waals surface area (Å²) >= 11 is 4.45. The second-order valence-electron chi connectivity index (χ2n) is 5.13. The van der Waals surface area contributed by atoms with Crippen molar-refractivity contribution >= 4 is 18.5 Å². The fourth-order valence-corrected chi connectivity index (χ4v) is 2.03. The third kappa shape index (κ3) is 5.53. The van der Waals surface area contributed by atoms with Gasteiger partial charge in [0, 0.05) is 16.7 Å². The summed E-state index contributed by atoms with van der Waals surface area (Å²) in [4.78, 5) is 11.8. The molecule has 0 aromatic rings. The molecular weight excluding hydrogens is 194 g/mol. The third-order valence-corrected chi connectivity index (χ3v) is 2.18. The molecule has 1 N–H and O–H groups in total. The zero-order chi connectivity index (χ0) is 11.4. The third-order valence-electron chi connectivity index (χ3n) is 2.02. The number of carbonyl (C=O) groups is 1. The maximum Gasteiger partial charge on any atom is 0.225 e. The summed E-state index contributed by atoms with van der Waals surface area (Å²) in [6.45, 7) is 10.8. The maximum atomic E-state index is 11.8. The number of carbonyl (C=O) groups excluding carboxylic acids is 1. The molecule has 0 heterocycles. The molecule has 0 radical (unpaired) electrons. The van der Waals surface area contributed by atoms with Crippen molar-refractivity contribution in [2.24, 2.45) is 5.41 Å². The van der Waals surface area contributed by atoms with E-state index in [9.17, 15) is 4.79 Å². The van der Waals surface area contributed by atoms with Gasteiger partial charge in [0.2, 0.25) is 5.91 Å². The first-order valence-corrected chi connectivity index (χ1v) is 5.64. The Balaban J connectivity index is 4.23. The highest BCUT2D eigenvalue weighted by molar-refractivity contribution is 7.81. The van der Waals surface area contributed by atoms with Crippen molar-refractivity contribution in [3.63, 3.8) is 0 Å². The lowest BCUT2D eigenvalue weighted by Crippen LogP contribution is -2.40. The first-order valence-electron chi connectivity index (χ1n) is 5.20. The average Bonchev–Trinajstić information content (AvgIpc) is 1.95. The molecule has 0 fully saturated rings. The number of nitrogens with one attached hydrogen (secondary N) is 1. The van der Waals surface area contributed by atoms with Gasteiger partial charge in [0.15, 0.2) is 0 Å². The predicted octanol–water partition coefficient (Wildman–Crippen LogP) is 2.64. The molecule has 0 saturated heterocycles. The molecule has 0 aliphatic rings. The van der Waals surface area contributed by atoms with Crippen molar-refractivity contribution in [2.45, 2.75) is 52.2 Å². The van der Waals surface area contributed by atoms with Crippen LogP contribution in [0.4, 0.5) is 0 Å². The van der Waals surface area contributed by atoms with Gasteiger partial charge in [0.1, 0.15) is 0 Å². The van der Waals surface area contributed by atoms with Crippen LogP contribution in [0.25, 0.3) is 0 Å². The van der Waals surface area contributed by atoms with Crippen LogP contribution in [0.5, 0.6) is 0 Å². The minimum Gasteiger partial charge on any atom is -0.356 e. The molecule has 0 atom stereocenters. The molecule has 0 saturated carbocycles. The van der Waals surface area contributed by atoms with E-state index in [1.165, 1.54) is 0 Å². The number of hydrogen-bond acceptors (Lipinski definition) is 2. The van der Waals surface area contributed by atoms with Gasteiger partial charge in [-0.2, -0.15) is 12.6 Å². The van der Waals surface area contributed by atoms with Crippen LogP contribution >= 0.6 is 12.6 Å². The van der Waals surface area contributed by atoms with Gasteiger partial charge in [0.25, 0.3) is 0 Å². The summed E-state index contributed by atoms with van der Waals surface area (Å²) in [6, 6.07) is 0. The SMILES string of the molecule is CCCNC(=O)C(C)(C)CC(C)(C)S. The summed E-state index contributed by atoms with van der Waals surface area (Å²) in [5.41, 5.74) is -0.333. The van der Waals surface area contributed by atoms with Crippen LogP contribution in [0.2, 0.25) is 0 Å². The highest BCUT2D eigenvalue weighted by Gasteiger charge is 2.32. The molecule has 0 aromatic carbocycles. The number of thiol groups is 1. The second kappa shape index (κ2) is 5.06. The van der Waals surface area contributed by atoms with Crippen LogP contribution < -0.4 is 5.32 Å². The number of rotatable bonds is 5. The Labute approximate surface area is 93.3 Å². The van der Waals surface area contributed by atoms with Gasteiger partial charge in [-0.05, 0) is 12.8 Å². The smallest absolute Gasteiger partial charge is 0.225 e. The molecule has 0 aliphatic carbocycles. The molecule has 0 aromatic heterocycles. The maximum absolute atomic E-state index is 11.8. The van der Waals surface area contributed by atoms with Crippen molar-refractivity contribution in [3.8, 4) is 0 Å². The molecule has 0 aliphatic heterocycles. The monoisotopic (exact) mass is 217 g/mol. The Hall–Kier alpha value is -0.180. The lowest BCUT2D eigenvalue weighted by Gasteiger charge is -2.30. The topological polar surface area (TPSA) is 29.1 Å².